The molecule has 12 fully saturated rings. The Morgan fingerprint density at radius 2 is 0.600 bits per heavy atom. The van der Waals surface area contributed by atoms with Gasteiger partial charge in [-0.25, -0.2) is 15.3 Å². The van der Waals surface area contributed by atoms with Crippen LogP contribution in [0.3, 0.4) is 0 Å². The Balaban J connectivity index is 1.05. The highest BCUT2D eigenvalue weighted by Crippen LogP contribution is 2.63. The maximum absolute atomic E-state index is 6.01. The van der Waals surface area contributed by atoms with Crippen molar-refractivity contribution in [1.29, 1.82) is 0 Å². The van der Waals surface area contributed by atoms with Crippen molar-refractivity contribution in [3.63, 3.8) is 0 Å². The average molecular weight is 742 g/mol. The summed E-state index contributed by atoms with van der Waals surface area (Å²) in [6, 6.07) is 7.86. The first-order valence-electron chi connectivity index (χ1n) is 23.9. The molecule has 0 aliphatic heterocycles. The molecule has 3 heterocycles. The first kappa shape index (κ1) is 34.7. The summed E-state index contributed by atoms with van der Waals surface area (Å²) in [5, 5.41) is 18.0. The van der Waals surface area contributed by atoms with Crippen molar-refractivity contribution in [3.8, 4) is 0 Å². The predicted molar refractivity (Wildman–Crippen MR) is 222 cm³/mol. The fraction of sp³-hybridized carbons (Fsp3) is 0.812. The molecule has 0 aromatic carbocycles. The molecule has 0 saturated heterocycles. The number of hydrogen-bond acceptors (Lipinski definition) is 3. The number of hydrogen-bond donors (Lipinski definition) is 0. The summed E-state index contributed by atoms with van der Waals surface area (Å²) in [5.41, 5.74) is 9.29. The molecule has 0 spiro atoms. The van der Waals surface area contributed by atoms with Gasteiger partial charge in [0.05, 0.1) is 17.1 Å². The van der Waals surface area contributed by atoms with Crippen LogP contribution in [0.4, 0.5) is 0 Å². The Kier molecular flexibility index (Phi) is 7.51. The van der Waals surface area contributed by atoms with E-state index >= 15 is 0 Å². The molecule has 0 atom stereocenters. The molecule has 12 bridgehead atoms. The van der Waals surface area contributed by atoms with E-state index in [9.17, 15) is 0 Å². The molecule has 3 aromatic heterocycles. The first-order valence-corrected chi connectivity index (χ1v) is 23.9. The van der Waals surface area contributed by atoms with Gasteiger partial charge in [-0.1, -0.05) is 41.5 Å². The molecule has 7 heteroatoms. The third-order valence-corrected chi connectivity index (χ3v) is 18.8. The molecule has 296 valence electrons. The van der Waals surface area contributed by atoms with Crippen LogP contribution >= 0.6 is 0 Å². The fourth-order valence-electron chi connectivity index (χ4n) is 17.8. The highest BCUT2D eigenvalue weighted by atomic mass is 15.5. The van der Waals surface area contributed by atoms with Crippen LogP contribution in [0.5, 0.6) is 0 Å². The van der Waals surface area contributed by atoms with Gasteiger partial charge in [-0.05, 0) is 205 Å². The van der Waals surface area contributed by atoms with Gasteiger partial charge in [0.15, 0.2) is 0 Å². The molecule has 0 amide bonds. The van der Waals surface area contributed by atoms with E-state index in [1.54, 1.807) is 0 Å². The van der Waals surface area contributed by atoms with Gasteiger partial charge < -0.3 is 13.8 Å². The zero-order valence-electron chi connectivity index (χ0n) is 35.3. The van der Waals surface area contributed by atoms with Crippen LogP contribution in [0, 0.1) is 53.3 Å². The highest BCUT2D eigenvalue weighted by molar-refractivity contribution is 6.53. The SMILES string of the molecule is CC(C)c1cc(C23CC4CC(CC(C4)C2)C3)nn1[BH-](n1nc(C23CC4CC(CC(C4)C2)C3)cc1C(C)C)n1nc(C23CC4CC(CC(C4)C2)C3)cc1C(C)C. The van der Waals surface area contributed by atoms with Crippen LogP contribution in [-0.4, -0.2) is 36.2 Å². The lowest BCUT2D eigenvalue weighted by atomic mass is 9.49. The van der Waals surface area contributed by atoms with Gasteiger partial charge in [-0.2, -0.15) is 0 Å². The van der Waals surface area contributed by atoms with Crippen LogP contribution in [0.2, 0.25) is 0 Å². The normalized spacial score (nSPS) is 42.6. The molecular weight excluding hydrogens is 671 g/mol. The predicted octanol–water partition coefficient (Wildman–Crippen LogP) is 10.7. The first-order chi connectivity index (χ1) is 26.4. The molecule has 12 saturated carbocycles. The van der Waals surface area contributed by atoms with Crippen LogP contribution in [0.15, 0.2) is 18.2 Å². The van der Waals surface area contributed by atoms with Gasteiger partial charge in [0, 0.05) is 33.3 Å². The molecule has 3 aromatic rings. The van der Waals surface area contributed by atoms with Gasteiger partial charge in [0.2, 0.25) is 0 Å². The maximum atomic E-state index is 6.01. The molecule has 6 nitrogen and oxygen atoms in total. The Hall–Kier alpha value is -2.31. The second-order valence-corrected chi connectivity index (χ2v) is 23.8. The average Bonchev–Trinajstić information content (AvgIpc) is 3.86. The third-order valence-electron chi connectivity index (χ3n) is 18.8. The summed E-state index contributed by atoms with van der Waals surface area (Å²) >= 11 is 0. The second kappa shape index (κ2) is 11.9. The van der Waals surface area contributed by atoms with Crippen LogP contribution in [-0.2, 0) is 16.2 Å². The van der Waals surface area contributed by atoms with Gasteiger partial charge in [-0.3, -0.25) is 0 Å². The van der Waals surface area contributed by atoms with Gasteiger partial charge in [0.25, 0.3) is 0 Å². The number of rotatable bonds is 9. The molecule has 0 N–H and O–H groups in total. The Bertz CT molecular complexity index is 1660. The fourth-order valence-corrected chi connectivity index (χ4v) is 17.8. The number of aromatic nitrogens is 6. The van der Waals surface area contributed by atoms with E-state index in [1.165, 1.54) is 150 Å². The van der Waals surface area contributed by atoms with Crippen molar-refractivity contribution in [2.75, 3.05) is 0 Å². The minimum atomic E-state index is -1.54. The minimum absolute atomic E-state index is 0.262. The third kappa shape index (κ3) is 5.20. The molecule has 0 unspecified atom stereocenters. The van der Waals surface area contributed by atoms with Crippen molar-refractivity contribution in [2.45, 2.75) is 191 Å². The summed E-state index contributed by atoms with van der Waals surface area (Å²) < 4.78 is 7.76. The lowest BCUT2D eigenvalue weighted by molar-refractivity contribution is -0.00733. The van der Waals surface area contributed by atoms with E-state index in [-0.39, 0.29) is 16.2 Å². The zero-order chi connectivity index (χ0) is 37.2. The molecule has 12 aliphatic rings. The molecule has 0 radical (unpaired) electrons. The highest BCUT2D eigenvalue weighted by Gasteiger charge is 2.56. The van der Waals surface area contributed by atoms with Gasteiger partial charge >= 0.3 is 7.12 Å². The Morgan fingerprint density at radius 1 is 0.400 bits per heavy atom. The molecule has 55 heavy (non-hydrogen) atoms. The number of nitrogens with zero attached hydrogens (tertiary/aromatic N) is 6. The van der Waals surface area contributed by atoms with Crippen molar-refractivity contribution in [2.24, 2.45) is 53.3 Å². The van der Waals surface area contributed by atoms with Crippen LogP contribution in [0.1, 0.15) is 209 Å². The van der Waals surface area contributed by atoms with E-state index in [1.807, 2.05) is 0 Å². The second-order valence-electron chi connectivity index (χ2n) is 23.8. The lowest BCUT2D eigenvalue weighted by Gasteiger charge is -2.56. The molecule has 12 aliphatic carbocycles. The summed E-state index contributed by atoms with van der Waals surface area (Å²) in [6.45, 7) is 14.5. The van der Waals surface area contributed by atoms with Gasteiger partial charge in [-0.15, -0.1) is 0 Å². The monoisotopic (exact) mass is 742 g/mol. The summed E-state index contributed by atoms with van der Waals surface area (Å²) in [6.07, 6.45) is 25.5. The Morgan fingerprint density at radius 3 is 0.782 bits per heavy atom. The van der Waals surface area contributed by atoms with Crippen LogP contribution < -0.4 is 0 Å². The quantitative estimate of drug-likeness (QED) is 0.205. The van der Waals surface area contributed by atoms with E-state index < -0.39 is 7.12 Å². The van der Waals surface area contributed by atoms with Crippen molar-refractivity contribution in [1.82, 2.24) is 29.1 Å². The van der Waals surface area contributed by atoms with Crippen LogP contribution in [0.25, 0.3) is 0 Å². The minimum Gasteiger partial charge on any atom is -0.400 e. The largest absolute Gasteiger partial charge is 0.400 e. The summed E-state index contributed by atoms with van der Waals surface area (Å²) in [5.74, 6) is 9.31. The topological polar surface area (TPSA) is 53.5 Å². The Labute approximate surface area is 331 Å². The van der Waals surface area contributed by atoms with E-state index in [4.69, 9.17) is 15.3 Å². The zero-order valence-corrected chi connectivity index (χ0v) is 35.3. The molecule has 15 rings (SSSR count). The van der Waals surface area contributed by atoms with E-state index in [2.05, 4.69) is 73.5 Å². The van der Waals surface area contributed by atoms with Crippen molar-refractivity contribution in [3.05, 3.63) is 52.4 Å². The van der Waals surface area contributed by atoms with Gasteiger partial charge in [0.1, 0.15) is 0 Å². The standard InChI is InChI=1S/C48H70BN6/c1-28(2)40-16-43(46-19-31-7-32(20-46)9-33(8-31)21-46)50-53(40)49(54-41(29(3)4)17-44(51-54)47-22-34-10-35(23-47)12-36(11-34)24-47)55-42(30(5)6)18-45(52-55)48-25-37-13-38(26-48)15-39(14-37)27-48/h16-18,28-39,49H,7-15,19-27H2,1-6H3/q-1. The van der Waals surface area contributed by atoms with Crippen molar-refractivity contribution < 1.29 is 0 Å². The lowest BCUT2D eigenvalue weighted by Crippen LogP contribution is -2.50. The smallest absolute Gasteiger partial charge is 0.326 e. The van der Waals surface area contributed by atoms with E-state index in [0.717, 1.165) is 53.3 Å². The summed E-state index contributed by atoms with van der Waals surface area (Å²) in [4.78, 5) is 0. The summed E-state index contributed by atoms with van der Waals surface area (Å²) in [7, 11) is -1.54. The molecular formula is C48H70BN6-. The van der Waals surface area contributed by atoms with Crippen molar-refractivity contribution >= 4 is 7.12 Å². The maximum Gasteiger partial charge on any atom is 0.326 e. The van der Waals surface area contributed by atoms with E-state index in [0.29, 0.717) is 17.8 Å².